The Balaban J connectivity index is 3.14. The summed E-state index contributed by atoms with van der Waals surface area (Å²) in [6, 6.07) is 3.58. The van der Waals surface area contributed by atoms with Gasteiger partial charge < -0.3 is 30.1 Å². The molecule has 3 amide bonds. The molecule has 1 rings (SSSR count). The lowest BCUT2D eigenvalue weighted by Gasteiger charge is -2.31. The predicted molar refractivity (Wildman–Crippen MR) is 116 cm³/mol. The third-order valence-corrected chi connectivity index (χ3v) is 4.39. The fourth-order valence-electron chi connectivity index (χ4n) is 2.58. The van der Waals surface area contributed by atoms with E-state index < -0.39 is 48.1 Å². The summed E-state index contributed by atoms with van der Waals surface area (Å²) in [5, 5.41) is 15.0. The molecule has 1 aromatic carbocycles. The number of carbonyl (C=O) groups is 4. The maximum atomic E-state index is 13.1. The number of aromatic hydroxyl groups is 1. The molecular formula is C20H29N3O7S. The van der Waals surface area contributed by atoms with Crippen LogP contribution in [0.25, 0.3) is 0 Å². The van der Waals surface area contributed by atoms with Gasteiger partial charge in [-0.3, -0.25) is 14.4 Å². The van der Waals surface area contributed by atoms with Gasteiger partial charge in [0.1, 0.15) is 30.0 Å². The van der Waals surface area contributed by atoms with Crippen molar-refractivity contribution in [2.75, 3.05) is 26.5 Å². The quantitative estimate of drug-likeness (QED) is 0.339. The van der Waals surface area contributed by atoms with Crippen LogP contribution in [-0.4, -0.2) is 72.0 Å². The monoisotopic (exact) mass is 455 g/mol. The van der Waals surface area contributed by atoms with Gasteiger partial charge in [-0.25, -0.2) is 4.79 Å². The van der Waals surface area contributed by atoms with Gasteiger partial charge in [-0.1, -0.05) is 18.2 Å². The van der Waals surface area contributed by atoms with Gasteiger partial charge in [0.05, 0.1) is 7.11 Å². The number of hydrogen-bond acceptors (Lipinski definition) is 8. The van der Waals surface area contributed by atoms with Gasteiger partial charge in [-0.15, -0.1) is 0 Å². The second kappa shape index (κ2) is 11.4. The summed E-state index contributed by atoms with van der Waals surface area (Å²) < 4.78 is 9.67. The van der Waals surface area contributed by atoms with E-state index in [1.807, 2.05) is 0 Å². The number of carbonyl (C=O) groups excluding carboxylic acids is 4. The number of thiol groups is 1. The second-order valence-corrected chi connectivity index (χ2v) is 7.95. The molecule has 0 aliphatic rings. The minimum Gasteiger partial charge on any atom is -0.508 e. The van der Waals surface area contributed by atoms with Crippen molar-refractivity contribution in [2.24, 2.45) is 0 Å². The Hall–Kier alpha value is -2.95. The van der Waals surface area contributed by atoms with E-state index in [-0.39, 0.29) is 17.1 Å². The van der Waals surface area contributed by atoms with Crippen molar-refractivity contribution in [3.63, 3.8) is 0 Å². The fraction of sp³-hybridized carbons (Fsp3) is 0.500. The van der Waals surface area contributed by atoms with Crippen molar-refractivity contribution in [3.8, 4) is 5.75 Å². The van der Waals surface area contributed by atoms with Crippen LogP contribution < -0.4 is 10.6 Å². The molecule has 0 bridgehead atoms. The van der Waals surface area contributed by atoms with Crippen LogP contribution in [0.2, 0.25) is 0 Å². The minimum atomic E-state index is -1.29. The first-order valence-electron chi connectivity index (χ1n) is 9.40. The van der Waals surface area contributed by atoms with Crippen molar-refractivity contribution in [1.82, 2.24) is 15.5 Å². The lowest BCUT2D eigenvalue weighted by atomic mass is 10.0. The molecule has 1 aromatic rings. The number of hydrogen-bond donors (Lipinski definition) is 4. The first-order chi connectivity index (χ1) is 14.4. The summed E-state index contributed by atoms with van der Waals surface area (Å²) in [4.78, 5) is 50.4. The number of esters is 1. The first-order valence-corrected chi connectivity index (χ1v) is 10.0. The van der Waals surface area contributed by atoms with Gasteiger partial charge in [0.25, 0.3) is 0 Å². The van der Waals surface area contributed by atoms with E-state index in [1.165, 1.54) is 26.3 Å². The number of benzene rings is 1. The molecule has 31 heavy (non-hydrogen) atoms. The van der Waals surface area contributed by atoms with Crippen molar-refractivity contribution < 1.29 is 33.8 Å². The predicted octanol–water partition coefficient (Wildman–Crippen LogP) is 1.00. The van der Waals surface area contributed by atoms with Crippen LogP contribution in [0.1, 0.15) is 32.4 Å². The summed E-state index contributed by atoms with van der Waals surface area (Å²) in [7, 11) is 2.51. The molecule has 2 unspecified atom stereocenters. The van der Waals surface area contributed by atoms with Gasteiger partial charge in [0, 0.05) is 18.4 Å². The lowest BCUT2D eigenvalue weighted by molar-refractivity contribution is -0.143. The third-order valence-electron chi connectivity index (χ3n) is 4.02. The molecule has 11 heteroatoms. The third kappa shape index (κ3) is 8.00. The molecule has 0 spiro atoms. The molecule has 0 aliphatic heterocycles. The molecule has 10 nitrogen and oxygen atoms in total. The highest BCUT2D eigenvalue weighted by Gasteiger charge is 2.35. The van der Waals surface area contributed by atoms with Gasteiger partial charge in [0.2, 0.25) is 11.8 Å². The molecule has 2 atom stereocenters. The first kappa shape index (κ1) is 26.1. The number of nitrogens with one attached hydrogen (secondary N) is 2. The number of amides is 3. The Morgan fingerprint density at radius 1 is 1.19 bits per heavy atom. The fourth-order valence-corrected chi connectivity index (χ4v) is 2.83. The van der Waals surface area contributed by atoms with Crippen LogP contribution in [0.3, 0.4) is 0 Å². The zero-order chi connectivity index (χ0) is 23.8. The number of alkyl carbamates (subject to hydrolysis) is 1. The van der Waals surface area contributed by atoms with E-state index in [4.69, 9.17) is 4.74 Å². The number of ether oxygens (including phenoxy) is 2. The molecule has 0 aliphatic carbocycles. The van der Waals surface area contributed by atoms with E-state index in [0.717, 1.165) is 4.90 Å². The topological polar surface area (TPSA) is 134 Å². The maximum absolute atomic E-state index is 13.1. The summed E-state index contributed by atoms with van der Waals surface area (Å²) in [5.74, 6) is -2.35. The molecule has 172 valence electrons. The van der Waals surface area contributed by atoms with E-state index in [1.54, 1.807) is 32.9 Å². The number of nitrogens with zero attached hydrogens (tertiary/aromatic N) is 1. The van der Waals surface area contributed by atoms with Crippen molar-refractivity contribution in [1.29, 1.82) is 0 Å². The highest BCUT2D eigenvalue weighted by atomic mass is 32.1. The summed E-state index contributed by atoms with van der Waals surface area (Å²) in [6.07, 6.45) is -0.817. The molecule has 0 saturated heterocycles. The SMILES string of the molecule is COC(=O)CNC(=O)C(c1ccccc1O)N(C)C(=O)C(CS)NC(=O)OC(C)(C)C. The molecule has 0 aromatic heterocycles. The Kier molecular flexibility index (Phi) is 9.63. The smallest absolute Gasteiger partial charge is 0.408 e. The van der Waals surface area contributed by atoms with E-state index in [0.29, 0.717) is 0 Å². The highest BCUT2D eigenvalue weighted by Crippen LogP contribution is 2.28. The Bertz CT molecular complexity index is 810. The average molecular weight is 456 g/mol. The minimum absolute atomic E-state index is 0.0698. The average Bonchev–Trinajstić information content (AvgIpc) is 2.69. The zero-order valence-electron chi connectivity index (χ0n) is 18.2. The number of phenols is 1. The normalized spacial score (nSPS) is 12.8. The molecule has 0 saturated carbocycles. The Labute approximate surface area is 186 Å². The van der Waals surface area contributed by atoms with Crippen LogP contribution >= 0.6 is 12.6 Å². The summed E-state index contributed by atoms with van der Waals surface area (Å²) in [6.45, 7) is 4.61. The van der Waals surface area contributed by atoms with Gasteiger partial charge >= 0.3 is 12.1 Å². The second-order valence-electron chi connectivity index (χ2n) is 7.59. The standard InChI is InChI=1S/C20H29N3O7S/c1-20(2,3)30-19(28)22-13(11-31)18(27)23(4)16(12-8-6-7-9-14(12)24)17(26)21-10-15(25)29-5/h6-9,13,16,24,31H,10-11H2,1-5H3,(H,21,26)(H,22,28). The number of methoxy groups -OCH3 is 1. The zero-order valence-corrected chi connectivity index (χ0v) is 19.1. The summed E-state index contributed by atoms with van der Waals surface area (Å²) in [5.41, 5.74) is -0.636. The summed E-state index contributed by atoms with van der Waals surface area (Å²) >= 11 is 4.12. The van der Waals surface area contributed by atoms with Crippen LogP contribution in [0.15, 0.2) is 24.3 Å². The lowest BCUT2D eigenvalue weighted by Crippen LogP contribution is -2.52. The van der Waals surface area contributed by atoms with Gasteiger partial charge in [-0.05, 0) is 26.8 Å². The van der Waals surface area contributed by atoms with Crippen LogP contribution in [0.5, 0.6) is 5.75 Å². The number of rotatable bonds is 8. The van der Waals surface area contributed by atoms with Gasteiger partial charge in [-0.2, -0.15) is 12.6 Å². The number of likely N-dealkylation sites (N-methyl/N-ethyl adjacent to an activating group) is 1. The Morgan fingerprint density at radius 2 is 1.81 bits per heavy atom. The van der Waals surface area contributed by atoms with E-state index in [2.05, 4.69) is 28.0 Å². The largest absolute Gasteiger partial charge is 0.508 e. The van der Waals surface area contributed by atoms with Crippen molar-refractivity contribution in [2.45, 2.75) is 38.5 Å². The highest BCUT2D eigenvalue weighted by molar-refractivity contribution is 7.80. The van der Waals surface area contributed by atoms with Crippen molar-refractivity contribution in [3.05, 3.63) is 29.8 Å². The molecule has 0 fully saturated rings. The number of phenolic OH excluding ortho intramolecular Hbond substituents is 1. The Morgan fingerprint density at radius 3 is 2.32 bits per heavy atom. The van der Waals surface area contributed by atoms with E-state index in [9.17, 15) is 24.3 Å². The van der Waals surface area contributed by atoms with Gasteiger partial charge in [0.15, 0.2) is 0 Å². The molecule has 0 heterocycles. The van der Waals surface area contributed by atoms with Crippen LogP contribution in [0.4, 0.5) is 4.79 Å². The van der Waals surface area contributed by atoms with Crippen LogP contribution in [-0.2, 0) is 23.9 Å². The van der Waals surface area contributed by atoms with Crippen LogP contribution in [0, 0.1) is 0 Å². The molecule has 3 N–H and O–H groups in total. The van der Waals surface area contributed by atoms with E-state index >= 15 is 0 Å². The number of para-hydroxylation sites is 1. The molecule has 0 radical (unpaired) electrons. The maximum Gasteiger partial charge on any atom is 0.408 e. The molecular weight excluding hydrogens is 426 g/mol. The van der Waals surface area contributed by atoms with Crippen molar-refractivity contribution >= 4 is 36.5 Å².